The molecule has 0 aliphatic rings. The average Bonchev–Trinajstić information content (AvgIpc) is 3.06. The Bertz CT molecular complexity index is 668. The number of nitrogens with one attached hydrogen (secondary N) is 1. The van der Waals surface area contributed by atoms with Crippen LogP contribution in [0.25, 0.3) is 10.1 Å². The van der Waals surface area contributed by atoms with Crippen LogP contribution in [0.3, 0.4) is 0 Å². The summed E-state index contributed by atoms with van der Waals surface area (Å²) in [5.74, 6) is 6.82. The predicted molar refractivity (Wildman–Crippen MR) is 83.4 cm³/mol. The number of nitrogens with two attached hydrogens (primary N) is 1. The quantitative estimate of drug-likeness (QED) is 0.560. The highest BCUT2D eigenvalue weighted by Crippen LogP contribution is 2.31. The summed E-state index contributed by atoms with van der Waals surface area (Å²) in [6, 6.07) is 10.8. The zero-order chi connectivity index (χ0) is 13.9. The van der Waals surface area contributed by atoms with Crippen molar-refractivity contribution >= 4 is 21.4 Å². The molecule has 0 aliphatic heterocycles. The molecular formula is C15H18N4S. The second-order valence-corrected chi connectivity index (χ2v) is 6.01. The van der Waals surface area contributed by atoms with E-state index in [1.165, 1.54) is 15.0 Å². The van der Waals surface area contributed by atoms with Gasteiger partial charge in [0.15, 0.2) is 0 Å². The van der Waals surface area contributed by atoms with Crippen molar-refractivity contribution in [2.45, 2.75) is 18.9 Å². The molecule has 3 rings (SSSR count). The molecule has 0 saturated heterocycles. The number of hydrazine groups is 1. The summed E-state index contributed by atoms with van der Waals surface area (Å²) in [6.45, 7) is 0. The van der Waals surface area contributed by atoms with Gasteiger partial charge in [-0.2, -0.15) is 0 Å². The first-order chi connectivity index (χ1) is 9.78. The van der Waals surface area contributed by atoms with E-state index in [9.17, 15) is 0 Å². The average molecular weight is 286 g/mol. The van der Waals surface area contributed by atoms with Crippen LogP contribution in [-0.4, -0.2) is 9.55 Å². The maximum absolute atomic E-state index is 5.73. The number of hydrogen-bond acceptors (Lipinski definition) is 4. The first kappa shape index (κ1) is 13.3. The van der Waals surface area contributed by atoms with Gasteiger partial charge in [0.25, 0.3) is 0 Å². The third-order valence-corrected chi connectivity index (χ3v) is 4.80. The number of rotatable bonds is 5. The number of hydrogen-bond donors (Lipinski definition) is 2. The molecule has 0 amide bonds. The Morgan fingerprint density at radius 3 is 2.95 bits per heavy atom. The zero-order valence-corrected chi connectivity index (χ0v) is 12.2. The fourth-order valence-electron chi connectivity index (χ4n) is 2.39. The van der Waals surface area contributed by atoms with Gasteiger partial charge < -0.3 is 4.57 Å². The van der Waals surface area contributed by atoms with Gasteiger partial charge in [0.2, 0.25) is 0 Å². The van der Waals surface area contributed by atoms with Crippen molar-refractivity contribution in [3.05, 3.63) is 53.4 Å². The Hall–Kier alpha value is -1.69. The van der Waals surface area contributed by atoms with Crippen molar-refractivity contribution < 1.29 is 0 Å². The SMILES string of the molecule is Cn1ccnc1CCC(NN)c1cc2ccccc2s1. The molecule has 4 nitrogen and oxygen atoms in total. The summed E-state index contributed by atoms with van der Waals surface area (Å²) in [5.41, 5.74) is 2.93. The predicted octanol–water partition coefficient (Wildman–Crippen LogP) is 2.77. The molecule has 5 heteroatoms. The molecule has 0 fully saturated rings. The number of nitrogens with zero attached hydrogens (tertiary/aromatic N) is 2. The molecule has 20 heavy (non-hydrogen) atoms. The van der Waals surface area contributed by atoms with E-state index in [4.69, 9.17) is 5.84 Å². The van der Waals surface area contributed by atoms with E-state index in [1.54, 1.807) is 11.3 Å². The first-order valence-corrected chi connectivity index (χ1v) is 7.50. The molecule has 3 N–H and O–H groups in total. The molecule has 2 heterocycles. The molecule has 1 unspecified atom stereocenters. The number of benzene rings is 1. The second-order valence-electron chi connectivity index (χ2n) is 4.90. The van der Waals surface area contributed by atoms with Crippen LogP contribution in [0.4, 0.5) is 0 Å². The van der Waals surface area contributed by atoms with Crippen LogP contribution in [0.15, 0.2) is 42.7 Å². The van der Waals surface area contributed by atoms with E-state index in [0.717, 1.165) is 18.7 Å². The van der Waals surface area contributed by atoms with Gasteiger partial charge in [0.1, 0.15) is 5.82 Å². The van der Waals surface area contributed by atoms with E-state index in [1.807, 2.05) is 19.4 Å². The van der Waals surface area contributed by atoms with E-state index in [-0.39, 0.29) is 6.04 Å². The smallest absolute Gasteiger partial charge is 0.108 e. The standard InChI is InChI=1S/C15H18N4S/c1-19-9-8-17-15(19)7-6-12(18-16)14-10-11-4-2-3-5-13(11)20-14/h2-5,8-10,12,18H,6-7,16H2,1H3. The van der Waals surface area contributed by atoms with Crippen molar-refractivity contribution in [2.75, 3.05) is 0 Å². The van der Waals surface area contributed by atoms with E-state index < -0.39 is 0 Å². The molecule has 1 atom stereocenters. The molecule has 104 valence electrons. The number of aryl methyl sites for hydroxylation is 2. The molecule has 0 aliphatic carbocycles. The topological polar surface area (TPSA) is 55.9 Å². The molecule has 1 aromatic carbocycles. The Morgan fingerprint density at radius 1 is 1.40 bits per heavy atom. The van der Waals surface area contributed by atoms with Crippen molar-refractivity contribution in [3.63, 3.8) is 0 Å². The summed E-state index contributed by atoms with van der Waals surface area (Å²) in [6.07, 6.45) is 5.65. The van der Waals surface area contributed by atoms with Crippen LogP contribution in [0.1, 0.15) is 23.2 Å². The fourth-order valence-corrected chi connectivity index (χ4v) is 3.55. The first-order valence-electron chi connectivity index (χ1n) is 6.68. The lowest BCUT2D eigenvalue weighted by molar-refractivity contribution is 0.514. The zero-order valence-electron chi connectivity index (χ0n) is 11.4. The lowest BCUT2D eigenvalue weighted by Crippen LogP contribution is -2.28. The van der Waals surface area contributed by atoms with Crippen LogP contribution < -0.4 is 11.3 Å². The van der Waals surface area contributed by atoms with Gasteiger partial charge in [-0.25, -0.2) is 4.98 Å². The third-order valence-electron chi connectivity index (χ3n) is 3.57. The lowest BCUT2D eigenvalue weighted by atomic mass is 10.1. The third kappa shape index (κ3) is 2.60. The number of aromatic nitrogens is 2. The Morgan fingerprint density at radius 2 is 2.25 bits per heavy atom. The van der Waals surface area contributed by atoms with Crippen LogP contribution in [-0.2, 0) is 13.5 Å². The van der Waals surface area contributed by atoms with Gasteiger partial charge in [-0.15, -0.1) is 11.3 Å². The highest BCUT2D eigenvalue weighted by atomic mass is 32.1. The van der Waals surface area contributed by atoms with Gasteiger partial charge in [-0.05, 0) is 23.9 Å². The van der Waals surface area contributed by atoms with Gasteiger partial charge in [-0.1, -0.05) is 18.2 Å². The number of imidazole rings is 1. The van der Waals surface area contributed by atoms with Crippen molar-refractivity contribution in [3.8, 4) is 0 Å². The molecular weight excluding hydrogens is 268 g/mol. The largest absolute Gasteiger partial charge is 0.338 e. The summed E-state index contributed by atoms with van der Waals surface area (Å²) in [7, 11) is 2.02. The number of fused-ring (bicyclic) bond motifs is 1. The van der Waals surface area contributed by atoms with Crippen molar-refractivity contribution in [1.29, 1.82) is 0 Å². The minimum atomic E-state index is 0.170. The molecule has 0 saturated carbocycles. The van der Waals surface area contributed by atoms with Gasteiger partial charge >= 0.3 is 0 Å². The maximum Gasteiger partial charge on any atom is 0.108 e. The highest BCUT2D eigenvalue weighted by Gasteiger charge is 2.14. The highest BCUT2D eigenvalue weighted by molar-refractivity contribution is 7.19. The van der Waals surface area contributed by atoms with Gasteiger partial charge in [-0.3, -0.25) is 11.3 Å². The molecule has 0 radical (unpaired) electrons. The Labute approximate surface area is 122 Å². The number of thiophene rings is 1. The van der Waals surface area contributed by atoms with E-state index in [2.05, 4.69) is 45.3 Å². The minimum Gasteiger partial charge on any atom is -0.338 e. The monoisotopic (exact) mass is 286 g/mol. The van der Waals surface area contributed by atoms with Gasteiger partial charge in [0, 0.05) is 35.4 Å². The van der Waals surface area contributed by atoms with Crippen molar-refractivity contribution in [2.24, 2.45) is 12.9 Å². The second kappa shape index (κ2) is 5.75. The summed E-state index contributed by atoms with van der Waals surface area (Å²) >= 11 is 1.80. The van der Waals surface area contributed by atoms with Gasteiger partial charge in [0.05, 0.1) is 6.04 Å². The summed E-state index contributed by atoms with van der Waals surface area (Å²) in [5, 5.41) is 1.28. The molecule has 2 aromatic heterocycles. The lowest BCUT2D eigenvalue weighted by Gasteiger charge is -2.13. The molecule has 0 bridgehead atoms. The van der Waals surface area contributed by atoms with Crippen LogP contribution >= 0.6 is 11.3 Å². The molecule has 3 aromatic rings. The minimum absolute atomic E-state index is 0.170. The Kier molecular flexibility index (Phi) is 3.82. The van der Waals surface area contributed by atoms with E-state index >= 15 is 0 Å². The summed E-state index contributed by atoms with van der Waals surface area (Å²) < 4.78 is 3.36. The van der Waals surface area contributed by atoms with Crippen LogP contribution in [0, 0.1) is 0 Å². The van der Waals surface area contributed by atoms with Crippen LogP contribution in [0.5, 0.6) is 0 Å². The Balaban J connectivity index is 1.77. The van der Waals surface area contributed by atoms with Crippen LogP contribution in [0.2, 0.25) is 0 Å². The molecule has 0 spiro atoms. The fraction of sp³-hybridized carbons (Fsp3) is 0.267. The van der Waals surface area contributed by atoms with E-state index in [0.29, 0.717) is 0 Å². The van der Waals surface area contributed by atoms with Crippen molar-refractivity contribution in [1.82, 2.24) is 15.0 Å². The maximum atomic E-state index is 5.73. The summed E-state index contributed by atoms with van der Waals surface area (Å²) in [4.78, 5) is 5.64. The normalized spacial score (nSPS) is 12.9.